The maximum atomic E-state index is 13.6. The van der Waals surface area contributed by atoms with Gasteiger partial charge in [-0.2, -0.15) is 0 Å². The molecule has 1 nitrogen and oxygen atoms in total. The fraction of sp³-hybridized carbons (Fsp3) is 0.143. The van der Waals surface area contributed by atoms with Crippen LogP contribution in [0, 0.1) is 11.6 Å². The van der Waals surface area contributed by atoms with E-state index in [0.29, 0.717) is 11.1 Å². The molecular weight excluding hydrogens is 417 g/mol. The van der Waals surface area contributed by atoms with Crippen molar-refractivity contribution >= 4 is 43.5 Å². The summed E-state index contributed by atoms with van der Waals surface area (Å²) in [6.07, 6.45) is 0. The second-order valence-electron chi connectivity index (χ2n) is 4.02. The predicted molar refractivity (Wildman–Crippen MR) is 82.5 cm³/mol. The molecule has 0 bridgehead atoms. The third-order valence-electron chi connectivity index (χ3n) is 2.64. The summed E-state index contributed by atoms with van der Waals surface area (Å²) in [7, 11) is 0. The van der Waals surface area contributed by atoms with Crippen LogP contribution in [0.4, 0.5) is 8.78 Å². The Morgan fingerprint density at radius 3 is 2.35 bits per heavy atom. The van der Waals surface area contributed by atoms with Crippen molar-refractivity contribution in [3.8, 4) is 5.75 Å². The molecule has 0 amide bonds. The fourth-order valence-corrected chi connectivity index (χ4v) is 2.69. The van der Waals surface area contributed by atoms with Crippen LogP contribution in [0.2, 0.25) is 5.02 Å². The van der Waals surface area contributed by atoms with Crippen molar-refractivity contribution in [1.29, 1.82) is 0 Å². The second-order valence-corrected chi connectivity index (χ2v) is 5.94. The van der Waals surface area contributed by atoms with Crippen LogP contribution in [0.1, 0.15) is 11.1 Å². The van der Waals surface area contributed by atoms with Crippen molar-refractivity contribution in [2.75, 3.05) is 0 Å². The number of hydrogen-bond donors (Lipinski definition) is 0. The molecule has 0 fully saturated rings. The predicted octanol–water partition coefficient (Wildman–Crippen LogP) is 5.85. The molecule has 2 rings (SSSR count). The molecule has 2 aromatic rings. The lowest BCUT2D eigenvalue weighted by molar-refractivity contribution is 0.290. The molecule has 0 saturated heterocycles. The first-order valence-electron chi connectivity index (χ1n) is 5.62. The number of alkyl halides is 1. The Labute approximate surface area is 137 Å². The minimum atomic E-state index is -0.715. The van der Waals surface area contributed by atoms with Crippen molar-refractivity contribution < 1.29 is 13.5 Å². The van der Waals surface area contributed by atoms with E-state index in [2.05, 4.69) is 31.9 Å². The Bertz CT molecular complexity index is 612. The SMILES string of the molecule is Fc1cc(Cl)cc(F)c1COc1ccc(Br)cc1CBr. The highest BCUT2D eigenvalue weighted by molar-refractivity contribution is 9.10. The van der Waals surface area contributed by atoms with Crippen molar-refractivity contribution in [2.45, 2.75) is 11.9 Å². The molecule has 0 heterocycles. The van der Waals surface area contributed by atoms with Gasteiger partial charge in [-0.3, -0.25) is 0 Å². The van der Waals surface area contributed by atoms with Gasteiger partial charge in [0.15, 0.2) is 0 Å². The Balaban J connectivity index is 2.21. The smallest absolute Gasteiger partial charge is 0.134 e. The second kappa shape index (κ2) is 6.87. The van der Waals surface area contributed by atoms with E-state index in [-0.39, 0.29) is 17.2 Å². The quantitative estimate of drug-likeness (QED) is 0.557. The summed E-state index contributed by atoms with van der Waals surface area (Å²) in [6.45, 7) is -0.198. The van der Waals surface area contributed by atoms with E-state index < -0.39 is 11.6 Å². The van der Waals surface area contributed by atoms with Gasteiger partial charge in [-0.15, -0.1) is 0 Å². The van der Waals surface area contributed by atoms with Gasteiger partial charge in [0.25, 0.3) is 0 Å². The topological polar surface area (TPSA) is 9.23 Å². The molecule has 0 aliphatic rings. The highest BCUT2D eigenvalue weighted by Crippen LogP contribution is 2.27. The van der Waals surface area contributed by atoms with Crippen LogP contribution in [0.3, 0.4) is 0 Å². The van der Waals surface area contributed by atoms with Crippen molar-refractivity contribution in [3.63, 3.8) is 0 Å². The Kier molecular flexibility index (Phi) is 5.41. The average molecular weight is 426 g/mol. The van der Waals surface area contributed by atoms with Crippen molar-refractivity contribution in [1.82, 2.24) is 0 Å². The molecule has 0 N–H and O–H groups in total. The highest BCUT2D eigenvalue weighted by Gasteiger charge is 2.12. The van der Waals surface area contributed by atoms with Crippen LogP contribution in [0.15, 0.2) is 34.8 Å². The molecule has 20 heavy (non-hydrogen) atoms. The molecule has 0 atom stereocenters. The lowest BCUT2D eigenvalue weighted by Gasteiger charge is -2.12. The van der Waals surface area contributed by atoms with Gasteiger partial charge >= 0.3 is 0 Å². The number of ether oxygens (including phenoxy) is 1. The Hall–Kier alpha value is -0.650. The molecule has 6 heteroatoms. The van der Waals surface area contributed by atoms with Crippen molar-refractivity contribution in [2.24, 2.45) is 0 Å². The Morgan fingerprint density at radius 1 is 1.10 bits per heavy atom. The molecule has 0 radical (unpaired) electrons. The van der Waals surface area contributed by atoms with Crippen molar-refractivity contribution in [3.05, 3.63) is 62.6 Å². The molecule has 0 unspecified atom stereocenters. The molecular formula is C14H9Br2ClF2O. The van der Waals surface area contributed by atoms with Gasteiger partial charge in [0.05, 0.1) is 5.56 Å². The fourth-order valence-electron chi connectivity index (χ4n) is 1.65. The highest BCUT2D eigenvalue weighted by atomic mass is 79.9. The van der Waals surface area contributed by atoms with E-state index in [1.54, 1.807) is 12.1 Å². The number of hydrogen-bond acceptors (Lipinski definition) is 1. The molecule has 0 spiro atoms. The first-order valence-corrected chi connectivity index (χ1v) is 7.91. The minimum absolute atomic E-state index is 0.0218. The van der Waals surface area contributed by atoms with Gasteiger partial charge in [0, 0.05) is 20.4 Å². The summed E-state index contributed by atoms with van der Waals surface area (Å²) >= 11 is 12.3. The standard InChI is InChI=1S/C14H9Br2ClF2O/c15-6-8-3-9(16)1-2-14(8)20-7-11-12(18)4-10(17)5-13(11)19/h1-5H,6-7H2. The van der Waals surface area contributed by atoms with E-state index in [1.807, 2.05) is 6.07 Å². The normalized spacial score (nSPS) is 10.7. The third kappa shape index (κ3) is 3.71. The molecule has 2 aromatic carbocycles. The van der Waals surface area contributed by atoms with Gasteiger partial charge in [-0.05, 0) is 30.3 Å². The first-order chi connectivity index (χ1) is 9.51. The zero-order valence-corrected chi connectivity index (χ0v) is 14.0. The first kappa shape index (κ1) is 15.7. The number of halogens is 5. The van der Waals surface area contributed by atoms with E-state index in [0.717, 1.165) is 22.2 Å². The van der Waals surface area contributed by atoms with Gasteiger partial charge < -0.3 is 4.74 Å². The van der Waals surface area contributed by atoms with Crippen LogP contribution in [-0.2, 0) is 11.9 Å². The number of rotatable bonds is 4. The Morgan fingerprint density at radius 2 is 1.75 bits per heavy atom. The average Bonchev–Trinajstić information content (AvgIpc) is 2.38. The molecule has 0 aliphatic carbocycles. The maximum Gasteiger partial charge on any atom is 0.134 e. The van der Waals surface area contributed by atoms with E-state index >= 15 is 0 Å². The molecule has 106 valence electrons. The lowest BCUT2D eigenvalue weighted by Crippen LogP contribution is -2.03. The van der Waals surface area contributed by atoms with Crippen LogP contribution >= 0.6 is 43.5 Å². The van der Waals surface area contributed by atoms with E-state index in [4.69, 9.17) is 16.3 Å². The van der Waals surface area contributed by atoms with E-state index in [9.17, 15) is 8.78 Å². The van der Waals surface area contributed by atoms with Gasteiger partial charge in [0.2, 0.25) is 0 Å². The van der Waals surface area contributed by atoms with Crippen LogP contribution in [0.5, 0.6) is 5.75 Å². The number of benzene rings is 2. The summed E-state index contributed by atoms with van der Waals surface area (Å²) in [5.41, 5.74) is 0.743. The van der Waals surface area contributed by atoms with Gasteiger partial charge in [0.1, 0.15) is 24.0 Å². The maximum absolute atomic E-state index is 13.6. The molecule has 0 aliphatic heterocycles. The van der Waals surface area contributed by atoms with Gasteiger partial charge in [-0.25, -0.2) is 8.78 Å². The third-order valence-corrected chi connectivity index (χ3v) is 3.96. The largest absolute Gasteiger partial charge is 0.488 e. The van der Waals surface area contributed by atoms with E-state index in [1.165, 1.54) is 0 Å². The summed E-state index contributed by atoms with van der Waals surface area (Å²) in [5, 5.41) is 0.599. The van der Waals surface area contributed by atoms with Crippen LogP contribution in [-0.4, -0.2) is 0 Å². The zero-order valence-electron chi connectivity index (χ0n) is 10.1. The summed E-state index contributed by atoms with van der Waals surface area (Å²) < 4.78 is 33.7. The van der Waals surface area contributed by atoms with Crippen LogP contribution < -0.4 is 4.74 Å². The summed E-state index contributed by atoms with van der Waals surface area (Å²) in [5.74, 6) is -0.862. The summed E-state index contributed by atoms with van der Waals surface area (Å²) in [4.78, 5) is 0. The minimum Gasteiger partial charge on any atom is -0.488 e. The molecule has 0 aromatic heterocycles. The monoisotopic (exact) mass is 424 g/mol. The lowest BCUT2D eigenvalue weighted by atomic mass is 10.2. The zero-order chi connectivity index (χ0) is 14.7. The summed E-state index contributed by atoms with van der Waals surface area (Å²) in [6, 6.07) is 7.55. The van der Waals surface area contributed by atoms with Gasteiger partial charge in [-0.1, -0.05) is 43.5 Å². The molecule has 0 saturated carbocycles. The van der Waals surface area contributed by atoms with Crippen LogP contribution in [0.25, 0.3) is 0 Å².